The van der Waals surface area contributed by atoms with Gasteiger partial charge in [0.05, 0.1) is 24.6 Å². The highest BCUT2D eigenvalue weighted by atomic mass is 79.9. The van der Waals surface area contributed by atoms with Gasteiger partial charge < -0.3 is 4.74 Å². The second-order valence-corrected chi connectivity index (χ2v) is 5.41. The molecule has 0 saturated heterocycles. The fourth-order valence-corrected chi connectivity index (χ4v) is 2.51. The number of methoxy groups -OCH3 is 1. The van der Waals surface area contributed by atoms with Crippen LogP contribution < -0.4 is 4.74 Å². The smallest absolute Gasteiger partial charge is 0.135 e. The monoisotopic (exact) mass is 334 g/mol. The summed E-state index contributed by atoms with van der Waals surface area (Å²) < 4.78 is 21.3. The van der Waals surface area contributed by atoms with E-state index in [1.807, 2.05) is 30.3 Å². The zero-order chi connectivity index (χ0) is 14.1. The molecule has 0 aliphatic carbocycles. The molecule has 3 rings (SSSR count). The zero-order valence-corrected chi connectivity index (χ0v) is 12.4. The fraction of sp³-hybridized carbons (Fsp3) is 0.133. The van der Waals surface area contributed by atoms with Crippen LogP contribution in [0.5, 0.6) is 5.75 Å². The number of rotatable bonds is 3. The first kappa shape index (κ1) is 13.1. The largest absolute Gasteiger partial charge is 0.497 e. The van der Waals surface area contributed by atoms with Crippen molar-refractivity contribution in [2.75, 3.05) is 7.11 Å². The number of benzene rings is 2. The van der Waals surface area contributed by atoms with Crippen LogP contribution in [-0.4, -0.2) is 16.9 Å². The summed E-state index contributed by atoms with van der Waals surface area (Å²) >= 11 is 3.27. The van der Waals surface area contributed by atoms with E-state index in [-0.39, 0.29) is 5.82 Å². The van der Waals surface area contributed by atoms with Crippen molar-refractivity contribution in [1.82, 2.24) is 9.78 Å². The first-order valence-electron chi connectivity index (χ1n) is 6.11. The Hall–Kier alpha value is -1.88. The van der Waals surface area contributed by atoms with Gasteiger partial charge in [0.15, 0.2) is 0 Å². The van der Waals surface area contributed by atoms with Gasteiger partial charge in [0.1, 0.15) is 11.6 Å². The minimum atomic E-state index is -0.268. The first-order valence-corrected chi connectivity index (χ1v) is 6.90. The van der Waals surface area contributed by atoms with Crippen LogP contribution >= 0.6 is 15.9 Å². The summed E-state index contributed by atoms with van der Waals surface area (Å²) in [5, 5.41) is 4.92. The van der Waals surface area contributed by atoms with Crippen LogP contribution in [0.15, 0.2) is 47.1 Å². The minimum absolute atomic E-state index is 0.268. The van der Waals surface area contributed by atoms with Crippen LogP contribution in [0.4, 0.5) is 4.39 Å². The SMILES string of the molecule is COc1ccc(Cn2cc3c(F)cc(Br)cc3n2)cc1. The Morgan fingerprint density at radius 1 is 1.25 bits per heavy atom. The number of ether oxygens (including phenoxy) is 1. The predicted molar refractivity (Wildman–Crippen MR) is 79.5 cm³/mol. The minimum Gasteiger partial charge on any atom is -0.497 e. The van der Waals surface area contributed by atoms with Gasteiger partial charge in [-0.15, -0.1) is 0 Å². The van der Waals surface area contributed by atoms with Gasteiger partial charge in [-0.3, -0.25) is 4.68 Å². The second-order valence-electron chi connectivity index (χ2n) is 4.50. The molecular weight excluding hydrogens is 323 g/mol. The number of hydrogen-bond donors (Lipinski definition) is 0. The summed E-state index contributed by atoms with van der Waals surface area (Å²) in [5.74, 6) is 0.546. The van der Waals surface area contributed by atoms with Crippen molar-refractivity contribution in [2.45, 2.75) is 6.54 Å². The summed E-state index contributed by atoms with van der Waals surface area (Å²) in [7, 11) is 1.63. The van der Waals surface area contributed by atoms with Crippen molar-refractivity contribution in [3.8, 4) is 5.75 Å². The first-order chi connectivity index (χ1) is 9.65. The lowest BCUT2D eigenvalue weighted by Crippen LogP contribution is -1.99. The second kappa shape index (κ2) is 5.25. The summed E-state index contributed by atoms with van der Waals surface area (Å²) in [6.07, 6.45) is 1.72. The molecule has 0 fully saturated rings. The van der Waals surface area contributed by atoms with Crippen LogP contribution in [0.25, 0.3) is 10.9 Å². The summed E-state index contributed by atoms with van der Waals surface area (Å²) in [4.78, 5) is 0. The van der Waals surface area contributed by atoms with Gasteiger partial charge in [-0.05, 0) is 29.8 Å². The molecule has 3 nitrogen and oxygen atoms in total. The van der Waals surface area contributed by atoms with E-state index in [2.05, 4.69) is 21.0 Å². The van der Waals surface area contributed by atoms with E-state index in [1.54, 1.807) is 18.0 Å². The Balaban J connectivity index is 1.92. The molecule has 20 heavy (non-hydrogen) atoms. The van der Waals surface area contributed by atoms with Gasteiger partial charge in [-0.2, -0.15) is 5.10 Å². The molecule has 3 aromatic rings. The fourth-order valence-electron chi connectivity index (χ4n) is 2.10. The Labute approximate surface area is 124 Å². The van der Waals surface area contributed by atoms with Crippen LogP contribution in [0.3, 0.4) is 0 Å². The van der Waals surface area contributed by atoms with E-state index in [1.165, 1.54) is 6.07 Å². The Morgan fingerprint density at radius 3 is 2.70 bits per heavy atom. The van der Waals surface area contributed by atoms with Crippen LogP contribution in [0.1, 0.15) is 5.56 Å². The molecule has 0 N–H and O–H groups in total. The number of fused-ring (bicyclic) bond motifs is 1. The standard InChI is InChI=1S/C15H12BrFN2O/c1-20-12-4-2-10(3-5-12)8-19-9-13-14(17)6-11(16)7-15(13)18-19/h2-7,9H,8H2,1H3. The van der Waals surface area contributed by atoms with Crippen LogP contribution in [0, 0.1) is 5.82 Å². The topological polar surface area (TPSA) is 27.1 Å². The van der Waals surface area contributed by atoms with Gasteiger partial charge in [-0.1, -0.05) is 28.1 Å². The number of nitrogens with zero attached hydrogens (tertiary/aromatic N) is 2. The van der Waals surface area contributed by atoms with Crippen molar-refractivity contribution < 1.29 is 9.13 Å². The van der Waals surface area contributed by atoms with Gasteiger partial charge in [-0.25, -0.2) is 4.39 Å². The van der Waals surface area contributed by atoms with Crippen molar-refractivity contribution >= 4 is 26.8 Å². The molecule has 0 aliphatic heterocycles. The van der Waals surface area contributed by atoms with Crippen LogP contribution in [0.2, 0.25) is 0 Å². The number of aromatic nitrogens is 2. The van der Waals surface area contributed by atoms with Gasteiger partial charge in [0.25, 0.3) is 0 Å². The Kier molecular flexibility index (Phi) is 3.44. The third kappa shape index (κ3) is 2.54. The predicted octanol–water partition coefficient (Wildman–Crippen LogP) is 3.99. The highest BCUT2D eigenvalue weighted by Gasteiger charge is 2.08. The maximum atomic E-state index is 13.8. The van der Waals surface area contributed by atoms with Gasteiger partial charge in [0, 0.05) is 10.7 Å². The lowest BCUT2D eigenvalue weighted by molar-refractivity contribution is 0.414. The molecule has 0 radical (unpaired) electrons. The van der Waals surface area contributed by atoms with Crippen LogP contribution in [-0.2, 0) is 6.54 Å². The molecular formula is C15H12BrFN2O. The lowest BCUT2D eigenvalue weighted by Gasteiger charge is -2.03. The van der Waals surface area contributed by atoms with Gasteiger partial charge >= 0.3 is 0 Å². The molecule has 0 saturated carbocycles. The van der Waals surface area contributed by atoms with E-state index < -0.39 is 0 Å². The van der Waals surface area contributed by atoms with E-state index in [4.69, 9.17) is 4.74 Å². The average molecular weight is 335 g/mol. The summed E-state index contributed by atoms with van der Waals surface area (Å²) in [6.45, 7) is 0.593. The zero-order valence-electron chi connectivity index (χ0n) is 10.8. The average Bonchev–Trinajstić information content (AvgIpc) is 2.82. The highest BCUT2D eigenvalue weighted by molar-refractivity contribution is 9.10. The van der Waals surface area contributed by atoms with E-state index in [9.17, 15) is 4.39 Å². The highest BCUT2D eigenvalue weighted by Crippen LogP contribution is 2.22. The molecule has 1 aromatic heterocycles. The van der Waals surface area contributed by atoms with Crippen molar-refractivity contribution in [2.24, 2.45) is 0 Å². The molecule has 0 unspecified atom stereocenters. The number of hydrogen-bond acceptors (Lipinski definition) is 2. The normalized spacial score (nSPS) is 10.9. The summed E-state index contributed by atoms with van der Waals surface area (Å²) in [5.41, 5.74) is 1.73. The summed E-state index contributed by atoms with van der Waals surface area (Å²) in [6, 6.07) is 11.0. The van der Waals surface area contributed by atoms with Crippen molar-refractivity contribution in [3.05, 3.63) is 58.4 Å². The lowest BCUT2D eigenvalue weighted by atomic mass is 10.2. The Morgan fingerprint density at radius 2 is 2.00 bits per heavy atom. The third-order valence-electron chi connectivity index (χ3n) is 3.09. The van der Waals surface area contributed by atoms with E-state index in [0.717, 1.165) is 11.3 Å². The molecule has 2 aromatic carbocycles. The maximum absolute atomic E-state index is 13.8. The van der Waals surface area contributed by atoms with E-state index in [0.29, 0.717) is 21.9 Å². The Bertz CT molecular complexity index is 752. The van der Waals surface area contributed by atoms with E-state index >= 15 is 0 Å². The molecule has 5 heteroatoms. The molecule has 0 atom stereocenters. The molecule has 0 spiro atoms. The van der Waals surface area contributed by atoms with Crippen molar-refractivity contribution in [1.29, 1.82) is 0 Å². The van der Waals surface area contributed by atoms with Gasteiger partial charge in [0.2, 0.25) is 0 Å². The molecule has 0 amide bonds. The van der Waals surface area contributed by atoms with Crippen molar-refractivity contribution in [3.63, 3.8) is 0 Å². The maximum Gasteiger partial charge on any atom is 0.135 e. The third-order valence-corrected chi connectivity index (χ3v) is 3.55. The molecule has 1 heterocycles. The molecule has 102 valence electrons. The number of halogens is 2. The molecule has 0 bridgehead atoms. The molecule has 0 aliphatic rings. The quantitative estimate of drug-likeness (QED) is 0.724.